The van der Waals surface area contributed by atoms with Crippen molar-refractivity contribution in [2.45, 2.75) is 72.8 Å². The van der Waals surface area contributed by atoms with E-state index in [0.29, 0.717) is 5.69 Å². The fourth-order valence-electron chi connectivity index (χ4n) is 13.5. The summed E-state index contributed by atoms with van der Waals surface area (Å²) in [7, 11) is -4.50. The minimum Gasteiger partial charge on any atom is -0.354 e. The molecule has 0 amide bonds. The molecule has 0 aliphatic carbocycles. The number of aryl methyl sites for hydroxylation is 2. The van der Waals surface area contributed by atoms with E-state index in [2.05, 4.69) is 357 Å². The van der Waals surface area contributed by atoms with Gasteiger partial charge in [-0.15, -0.1) is 147 Å². The first kappa shape index (κ1) is 91.9. The predicted octanol–water partition coefficient (Wildman–Crippen LogP) is 25.1. The zero-order chi connectivity index (χ0) is 82.6. The third-order valence-electron chi connectivity index (χ3n) is 19.6. The van der Waals surface area contributed by atoms with Gasteiger partial charge in [0.15, 0.2) is 0 Å². The molecule has 0 N–H and O–H groups in total. The van der Waals surface area contributed by atoms with Crippen LogP contribution in [-0.2, 0) is 60.3 Å². The third kappa shape index (κ3) is 24.7. The Bertz CT molecular complexity index is 5830. The molecule has 0 aliphatic heterocycles. The van der Waals surface area contributed by atoms with Gasteiger partial charge in [0.2, 0.25) is 0 Å². The molecule has 10 aromatic carbocycles. The van der Waals surface area contributed by atoms with Crippen molar-refractivity contribution in [3.8, 4) is 101 Å². The molecule has 0 spiro atoms. The van der Waals surface area contributed by atoms with Crippen LogP contribution in [0.15, 0.2) is 347 Å². The molecule has 0 fully saturated rings. The molecule has 0 saturated carbocycles. The second-order valence-corrected chi connectivity index (χ2v) is 46.5. The van der Waals surface area contributed by atoms with Crippen LogP contribution in [0, 0.1) is 62.1 Å². The van der Waals surface area contributed by atoms with Crippen LogP contribution in [-0.4, -0.2) is 64.1 Å². The Morgan fingerprint density at radius 2 is 0.603 bits per heavy atom. The van der Waals surface area contributed by atoms with E-state index >= 15 is 0 Å². The summed E-state index contributed by atoms with van der Waals surface area (Å²) in [5, 5.41) is 11.5. The summed E-state index contributed by atoms with van der Waals surface area (Å²) in [6.07, 6.45) is 11.4. The van der Waals surface area contributed by atoms with E-state index in [1.54, 1.807) is 30.6 Å². The first-order valence-corrected chi connectivity index (χ1v) is 49.8. The summed E-state index contributed by atoms with van der Waals surface area (Å²) in [6.45, 7) is 25.3. The quantitative estimate of drug-likeness (QED) is 0.0677. The van der Waals surface area contributed by atoms with Crippen LogP contribution in [0.5, 0.6) is 0 Å². The molecule has 609 valence electrons. The average Bonchev–Trinajstić information content (AvgIpc) is 0.790. The van der Waals surface area contributed by atoms with Crippen molar-refractivity contribution in [3.05, 3.63) is 406 Å². The number of benzene rings is 10. The largest absolute Gasteiger partial charge is 0.354 e. The number of halogens is 2. The molecule has 8 heterocycles. The molecule has 8 aromatic heterocycles. The molecule has 0 bridgehead atoms. The van der Waals surface area contributed by atoms with Crippen molar-refractivity contribution in [3.63, 3.8) is 0 Å². The fourth-order valence-corrected chi connectivity index (χ4v) is 18.0. The number of nitrogens with zero attached hydrogens (tertiary/aromatic N) is 8. The summed E-state index contributed by atoms with van der Waals surface area (Å²) in [5.74, 6) is -1.79. The van der Waals surface area contributed by atoms with Gasteiger partial charge in [-0.1, -0.05) is 319 Å². The van der Waals surface area contributed by atoms with Gasteiger partial charge in [-0.3, -0.25) is 4.98 Å². The number of hydrogen-bond donors (Lipinski definition) is 0. The first-order chi connectivity index (χ1) is 57.1. The standard InChI is InChI=1S/3C24H22NSi.C12H11N2.C11H8N.C10H5F2N2.3Ir/c3*1-26(2,3)24-17-25-23(16-22(24)19-10-5-4-6-11-19)21-14-13-18-9-7-8-12-20(18)15-21;1-9-6-7-11(10(2)14-9)12-5-3-4-8-13-12;1-2-6-10(7-3-1)11-8-4-5-9-12-11;11-9-5-4-7(10(12)14-9)8-3-1-2-6-13-8;;;/h3*4-13,15-17H,1-3H3;3-6,8H,1-2H3;1-6,8-9H;1-3,5-6H;;;/q6*-1;;;. The Hall–Kier alpha value is -11.4. The number of rotatable bonds is 12. The smallest absolute Gasteiger partial charge is 0.128 e. The molecule has 8 nitrogen and oxygen atoms in total. The molecule has 0 unspecified atom stereocenters. The van der Waals surface area contributed by atoms with Crippen LogP contribution in [0.1, 0.15) is 11.4 Å². The van der Waals surface area contributed by atoms with Crippen LogP contribution in [0.2, 0.25) is 58.9 Å². The van der Waals surface area contributed by atoms with Gasteiger partial charge in [0.1, 0.15) is 11.9 Å². The average molecular weight is 2160 g/mol. The minimum atomic E-state index is -1.50. The second-order valence-electron chi connectivity index (χ2n) is 31.4. The second kappa shape index (κ2) is 43.2. The molecule has 18 aromatic rings. The van der Waals surface area contributed by atoms with Crippen molar-refractivity contribution in [2.75, 3.05) is 0 Å². The molecule has 0 atom stereocenters. The van der Waals surface area contributed by atoms with Crippen LogP contribution in [0.3, 0.4) is 0 Å². The molecular formula is C105H90F2Ir3N8Si3-6. The maximum atomic E-state index is 13.1. The Kier molecular flexibility index (Phi) is 32.8. The van der Waals surface area contributed by atoms with Crippen molar-refractivity contribution >= 4 is 72.1 Å². The minimum absolute atomic E-state index is 0. The maximum Gasteiger partial charge on any atom is 0.128 e. The van der Waals surface area contributed by atoms with E-state index in [1.165, 1.54) is 87.5 Å². The predicted molar refractivity (Wildman–Crippen MR) is 494 cm³/mol. The number of aromatic nitrogens is 8. The molecule has 16 heteroatoms. The van der Waals surface area contributed by atoms with Gasteiger partial charge in [0, 0.05) is 97.5 Å². The van der Waals surface area contributed by atoms with Crippen molar-refractivity contribution in [1.29, 1.82) is 0 Å². The van der Waals surface area contributed by atoms with Gasteiger partial charge in [0.05, 0.1) is 24.2 Å². The van der Waals surface area contributed by atoms with Gasteiger partial charge in [0.25, 0.3) is 0 Å². The summed E-state index contributed by atoms with van der Waals surface area (Å²) in [4.78, 5) is 34.3. The van der Waals surface area contributed by atoms with Crippen LogP contribution < -0.4 is 15.6 Å². The van der Waals surface area contributed by atoms with E-state index in [4.69, 9.17) is 15.0 Å². The van der Waals surface area contributed by atoms with Gasteiger partial charge >= 0.3 is 0 Å². The van der Waals surface area contributed by atoms with Crippen molar-refractivity contribution < 1.29 is 69.1 Å². The zero-order valence-corrected chi connectivity index (χ0v) is 79.4. The number of hydrogen-bond acceptors (Lipinski definition) is 8. The topological polar surface area (TPSA) is 103 Å². The fraction of sp³-hybridized carbons (Fsp3) is 0.105. The van der Waals surface area contributed by atoms with Crippen LogP contribution >= 0.6 is 0 Å². The summed E-state index contributed by atoms with van der Waals surface area (Å²) in [5.41, 5.74) is 20.1. The molecule has 18 rings (SSSR count). The Balaban J connectivity index is 0.000000155. The monoisotopic (exact) mass is 2160 g/mol. The molecule has 0 aliphatic rings. The van der Waals surface area contributed by atoms with Gasteiger partial charge < -0.3 is 34.9 Å². The summed E-state index contributed by atoms with van der Waals surface area (Å²) in [6, 6.07) is 123. The van der Waals surface area contributed by atoms with E-state index in [-0.39, 0.29) is 65.9 Å². The van der Waals surface area contributed by atoms with E-state index in [0.717, 1.165) is 73.7 Å². The number of pyridine rings is 8. The zero-order valence-electron chi connectivity index (χ0n) is 69.2. The Labute approximate surface area is 754 Å². The summed E-state index contributed by atoms with van der Waals surface area (Å²) >= 11 is 0. The van der Waals surface area contributed by atoms with Crippen LogP contribution in [0.25, 0.3) is 133 Å². The number of fused-ring (bicyclic) bond motifs is 3. The molecule has 0 saturated heterocycles. The normalized spacial score (nSPS) is 10.8. The molecule has 3 radical (unpaired) electrons. The van der Waals surface area contributed by atoms with Gasteiger partial charge in [-0.25, -0.2) is 8.78 Å². The van der Waals surface area contributed by atoms with E-state index < -0.39 is 36.1 Å². The van der Waals surface area contributed by atoms with E-state index in [9.17, 15) is 8.78 Å². The SMILES string of the molecule is C[Si](C)(C)c1cnc(-c2[c-]cc3ccccc3c2)cc1-c1ccccc1.C[Si](C)(C)c1cnc(-c2[c-]cc3ccccc3c2)cc1-c1ccccc1.C[Si](C)(C)c1cnc(-c2[c-]cc3ccccc3c2)cc1-c1ccccc1.Cc1c[c-]c(-c2ccccn2)c(C)n1.Fc1c[c-]c(-c2ccccn2)c(F)n1.[Ir].[Ir].[Ir].[c-]1ccccc1-c1ccccn1. The van der Waals surface area contributed by atoms with Gasteiger partial charge in [-0.2, -0.15) is 0 Å². The summed E-state index contributed by atoms with van der Waals surface area (Å²) < 4.78 is 25.6. The molecular weight excluding hydrogens is 2070 g/mol. The maximum absolute atomic E-state index is 13.1. The van der Waals surface area contributed by atoms with E-state index in [1.807, 2.05) is 80.6 Å². The van der Waals surface area contributed by atoms with Crippen molar-refractivity contribution in [1.82, 2.24) is 39.9 Å². The Morgan fingerprint density at radius 1 is 0.273 bits per heavy atom. The van der Waals surface area contributed by atoms with Gasteiger partial charge in [-0.05, 0) is 113 Å². The van der Waals surface area contributed by atoms with Crippen LogP contribution in [0.4, 0.5) is 8.78 Å². The Morgan fingerprint density at radius 3 is 0.934 bits per heavy atom. The van der Waals surface area contributed by atoms with Crippen molar-refractivity contribution in [2.24, 2.45) is 0 Å². The third-order valence-corrected chi connectivity index (χ3v) is 25.7. The molecule has 121 heavy (non-hydrogen) atoms. The first-order valence-electron chi connectivity index (χ1n) is 39.3.